The average molecular weight is 292 g/mol. The molecule has 0 fully saturated rings. The lowest BCUT2D eigenvalue weighted by molar-refractivity contribution is -0.142. The predicted molar refractivity (Wildman–Crippen MR) is 76.1 cm³/mol. The van der Waals surface area contributed by atoms with E-state index in [4.69, 9.17) is 9.15 Å². The Kier molecular flexibility index (Phi) is 5.61. The van der Waals surface area contributed by atoms with E-state index in [9.17, 15) is 4.79 Å². The highest BCUT2D eigenvalue weighted by atomic mass is 32.2. The van der Waals surface area contributed by atoms with E-state index in [2.05, 4.69) is 22.3 Å². The summed E-state index contributed by atoms with van der Waals surface area (Å²) in [4.78, 5) is 11.3. The van der Waals surface area contributed by atoms with Gasteiger partial charge in [0, 0.05) is 5.75 Å². The fourth-order valence-corrected chi connectivity index (χ4v) is 2.41. The van der Waals surface area contributed by atoms with Gasteiger partial charge in [0.05, 0.1) is 12.4 Å². The molecule has 2 aromatic rings. The summed E-state index contributed by atoms with van der Waals surface area (Å²) in [6.45, 7) is 2.12. The van der Waals surface area contributed by atoms with Gasteiger partial charge in [0.2, 0.25) is 11.8 Å². The Balaban J connectivity index is 1.77. The summed E-state index contributed by atoms with van der Waals surface area (Å²) in [5.74, 6) is 2.00. The number of rotatable bonds is 7. The van der Waals surface area contributed by atoms with Gasteiger partial charge in [0.25, 0.3) is 0 Å². The summed E-state index contributed by atoms with van der Waals surface area (Å²) in [5.41, 5.74) is 1.25. The van der Waals surface area contributed by atoms with Crippen LogP contribution in [0.3, 0.4) is 0 Å². The molecule has 0 unspecified atom stereocenters. The zero-order valence-electron chi connectivity index (χ0n) is 11.2. The second-order valence-corrected chi connectivity index (χ2v) is 5.04. The fraction of sp³-hybridized carbons (Fsp3) is 0.357. The number of carbonyl (C=O) groups excluding carboxylic acids is 1. The molecule has 106 valence electrons. The van der Waals surface area contributed by atoms with E-state index in [0.717, 1.165) is 5.75 Å². The molecule has 6 heteroatoms. The number of benzene rings is 1. The molecule has 0 atom stereocenters. The van der Waals surface area contributed by atoms with E-state index in [0.29, 0.717) is 24.1 Å². The lowest BCUT2D eigenvalue weighted by atomic mass is 10.2. The molecule has 20 heavy (non-hydrogen) atoms. The van der Waals surface area contributed by atoms with Gasteiger partial charge in [-0.25, -0.2) is 0 Å². The van der Waals surface area contributed by atoms with Crippen LogP contribution in [0.4, 0.5) is 0 Å². The van der Waals surface area contributed by atoms with Crippen molar-refractivity contribution in [3.8, 4) is 0 Å². The second kappa shape index (κ2) is 7.69. The summed E-state index contributed by atoms with van der Waals surface area (Å²) < 4.78 is 10.2. The molecule has 0 saturated heterocycles. The summed E-state index contributed by atoms with van der Waals surface area (Å²) >= 11 is 1.69. The lowest BCUT2D eigenvalue weighted by Gasteiger charge is -1.98. The highest BCUT2D eigenvalue weighted by molar-refractivity contribution is 7.97. The number of aromatic nitrogens is 2. The van der Waals surface area contributed by atoms with Crippen LogP contribution in [0, 0.1) is 0 Å². The minimum absolute atomic E-state index is 0.0319. The van der Waals surface area contributed by atoms with Crippen LogP contribution in [0.15, 0.2) is 34.7 Å². The van der Waals surface area contributed by atoms with Crippen LogP contribution in [0.1, 0.15) is 24.3 Å². The maximum absolute atomic E-state index is 11.3. The third-order valence-electron chi connectivity index (χ3n) is 2.45. The molecule has 0 spiro atoms. The van der Waals surface area contributed by atoms with Crippen LogP contribution in [0.25, 0.3) is 0 Å². The number of hydrogen-bond donors (Lipinski definition) is 0. The molecular weight excluding hydrogens is 276 g/mol. The van der Waals surface area contributed by atoms with Gasteiger partial charge in [-0.3, -0.25) is 4.79 Å². The van der Waals surface area contributed by atoms with Gasteiger partial charge in [-0.05, 0) is 12.5 Å². The van der Waals surface area contributed by atoms with Crippen molar-refractivity contribution in [3.05, 3.63) is 47.7 Å². The lowest BCUT2D eigenvalue weighted by Crippen LogP contribution is -2.07. The molecule has 0 amide bonds. The summed E-state index contributed by atoms with van der Waals surface area (Å²) in [7, 11) is 0. The van der Waals surface area contributed by atoms with Crippen molar-refractivity contribution in [2.75, 3.05) is 6.61 Å². The van der Waals surface area contributed by atoms with E-state index >= 15 is 0 Å². The topological polar surface area (TPSA) is 65.2 Å². The Hall–Kier alpha value is -1.82. The average Bonchev–Trinajstić information content (AvgIpc) is 2.88. The first-order valence-corrected chi connectivity index (χ1v) is 7.52. The monoisotopic (exact) mass is 292 g/mol. The van der Waals surface area contributed by atoms with E-state index in [-0.39, 0.29) is 12.4 Å². The third kappa shape index (κ3) is 4.70. The molecule has 0 aliphatic heterocycles. The Labute approximate surface area is 121 Å². The molecule has 2 rings (SSSR count). The molecule has 1 aromatic heterocycles. The van der Waals surface area contributed by atoms with Gasteiger partial charge in [-0.15, -0.1) is 22.0 Å². The van der Waals surface area contributed by atoms with Gasteiger partial charge >= 0.3 is 5.97 Å². The van der Waals surface area contributed by atoms with Gasteiger partial charge < -0.3 is 9.15 Å². The van der Waals surface area contributed by atoms with Crippen LogP contribution in [-0.2, 0) is 27.5 Å². The molecule has 0 saturated carbocycles. The van der Waals surface area contributed by atoms with Crippen molar-refractivity contribution < 1.29 is 13.9 Å². The second-order valence-electron chi connectivity index (χ2n) is 4.05. The molecule has 0 aliphatic rings. The molecule has 0 aliphatic carbocycles. The van der Waals surface area contributed by atoms with Crippen molar-refractivity contribution >= 4 is 17.7 Å². The van der Waals surface area contributed by atoms with Gasteiger partial charge in [-0.1, -0.05) is 30.3 Å². The number of thioether (sulfide) groups is 1. The Bertz CT molecular complexity index is 542. The van der Waals surface area contributed by atoms with Crippen LogP contribution in [0.2, 0.25) is 0 Å². The number of carbonyl (C=O) groups is 1. The Morgan fingerprint density at radius 2 is 1.95 bits per heavy atom. The summed E-state index contributed by atoms with van der Waals surface area (Å²) in [6.07, 6.45) is 0.0319. The highest BCUT2D eigenvalue weighted by Crippen LogP contribution is 2.17. The minimum Gasteiger partial charge on any atom is -0.466 e. The van der Waals surface area contributed by atoms with Crippen molar-refractivity contribution in [1.29, 1.82) is 0 Å². The van der Waals surface area contributed by atoms with Crippen molar-refractivity contribution in [3.63, 3.8) is 0 Å². The van der Waals surface area contributed by atoms with Crippen LogP contribution >= 0.6 is 11.8 Å². The first kappa shape index (κ1) is 14.6. The molecular formula is C14H16N2O3S. The molecule has 0 radical (unpaired) electrons. The van der Waals surface area contributed by atoms with Gasteiger partial charge in [0.1, 0.15) is 6.42 Å². The fourth-order valence-electron chi connectivity index (χ4n) is 1.58. The van der Waals surface area contributed by atoms with Crippen LogP contribution in [-0.4, -0.2) is 22.8 Å². The Morgan fingerprint density at radius 1 is 1.20 bits per heavy atom. The first-order chi connectivity index (χ1) is 9.78. The Morgan fingerprint density at radius 3 is 2.70 bits per heavy atom. The van der Waals surface area contributed by atoms with Crippen LogP contribution in [0.5, 0.6) is 0 Å². The van der Waals surface area contributed by atoms with Crippen molar-refractivity contribution in [2.24, 2.45) is 0 Å². The molecule has 1 aromatic carbocycles. The van der Waals surface area contributed by atoms with E-state index in [1.807, 2.05) is 18.2 Å². The number of hydrogen-bond acceptors (Lipinski definition) is 6. The van der Waals surface area contributed by atoms with E-state index in [1.54, 1.807) is 18.7 Å². The quantitative estimate of drug-likeness (QED) is 0.731. The van der Waals surface area contributed by atoms with Crippen molar-refractivity contribution in [2.45, 2.75) is 24.9 Å². The van der Waals surface area contributed by atoms with E-state index in [1.165, 1.54) is 5.56 Å². The number of esters is 1. The van der Waals surface area contributed by atoms with E-state index < -0.39 is 0 Å². The zero-order valence-corrected chi connectivity index (χ0v) is 12.1. The van der Waals surface area contributed by atoms with Gasteiger partial charge in [0.15, 0.2) is 0 Å². The SMILES string of the molecule is CCOC(=O)Cc1nnc(CSCc2ccccc2)o1. The number of ether oxygens (including phenoxy) is 1. The highest BCUT2D eigenvalue weighted by Gasteiger charge is 2.11. The first-order valence-electron chi connectivity index (χ1n) is 6.36. The maximum Gasteiger partial charge on any atom is 0.315 e. The third-order valence-corrected chi connectivity index (χ3v) is 3.44. The van der Waals surface area contributed by atoms with Crippen LogP contribution < -0.4 is 0 Å². The summed E-state index contributed by atoms with van der Waals surface area (Å²) in [6, 6.07) is 10.2. The zero-order chi connectivity index (χ0) is 14.2. The molecule has 1 heterocycles. The molecule has 5 nitrogen and oxygen atoms in total. The van der Waals surface area contributed by atoms with Gasteiger partial charge in [-0.2, -0.15) is 0 Å². The normalized spacial score (nSPS) is 10.4. The largest absolute Gasteiger partial charge is 0.466 e. The predicted octanol–water partition coefficient (Wildman–Crippen LogP) is 2.61. The molecule has 0 N–H and O–H groups in total. The minimum atomic E-state index is -0.348. The standard InChI is InChI=1S/C14H16N2O3S/c1-2-18-14(17)8-12-15-16-13(19-12)10-20-9-11-6-4-3-5-7-11/h3-7H,2,8-10H2,1H3. The maximum atomic E-state index is 11.3. The van der Waals surface area contributed by atoms with Crippen molar-refractivity contribution in [1.82, 2.24) is 10.2 Å². The smallest absolute Gasteiger partial charge is 0.315 e. The summed E-state index contributed by atoms with van der Waals surface area (Å²) in [5, 5.41) is 7.75. The molecule has 0 bridgehead atoms. The number of nitrogens with zero attached hydrogens (tertiary/aromatic N) is 2.